The van der Waals surface area contributed by atoms with Crippen LogP contribution in [0, 0.1) is 0 Å². The summed E-state index contributed by atoms with van der Waals surface area (Å²) in [6.07, 6.45) is 0. The van der Waals surface area contributed by atoms with Crippen LogP contribution in [-0.4, -0.2) is 4.57 Å². The van der Waals surface area contributed by atoms with Crippen molar-refractivity contribution in [2.45, 2.75) is 38.5 Å². The maximum Gasteiger partial charge on any atom is 0.0556 e. The van der Waals surface area contributed by atoms with Crippen LogP contribution in [0.1, 0.15) is 49.9 Å². The van der Waals surface area contributed by atoms with E-state index in [1.807, 2.05) is 0 Å². The number of fused-ring (bicyclic) bond motifs is 9. The van der Waals surface area contributed by atoms with E-state index in [-0.39, 0.29) is 10.8 Å². The van der Waals surface area contributed by atoms with Gasteiger partial charge in [0.15, 0.2) is 0 Å². The Labute approximate surface area is 328 Å². The first-order valence-electron chi connectivity index (χ1n) is 19.8. The average molecular weight is 719 g/mol. The van der Waals surface area contributed by atoms with E-state index in [4.69, 9.17) is 0 Å². The van der Waals surface area contributed by atoms with Crippen LogP contribution >= 0.6 is 0 Å². The zero-order valence-corrected chi connectivity index (χ0v) is 32.2. The highest BCUT2D eigenvalue weighted by molar-refractivity contribution is 6.14. The Hall–Kier alpha value is -6.64. The lowest BCUT2D eigenvalue weighted by Crippen LogP contribution is -2.26. The van der Waals surface area contributed by atoms with E-state index < -0.39 is 0 Å². The van der Waals surface area contributed by atoms with Gasteiger partial charge in [0.2, 0.25) is 0 Å². The van der Waals surface area contributed by atoms with Gasteiger partial charge in [-0.1, -0.05) is 155 Å². The van der Waals surface area contributed by atoms with Crippen LogP contribution in [-0.2, 0) is 10.8 Å². The van der Waals surface area contributed by atoms with Crippen molar-refractivity contribution in [1.29, 1.82) is 0 Å². The van der Waals surface area contributed by atoms with Gasteiger partial charge >= 0.3 is 0 Å². The molecule has 0 aliphatic heterocycles. The fourth-order valence-electron chi connectivity index (χ4n) is 10.3. The molecular weight excluding hydrogens is 677 g/mol. The van der Waals surface area contributed by atoms with Gasteiger partial charge in [0.05, 0.1) is 16.7 Å². The van der Waals surface area contributed by atoms with Crippen molar-refractivity contribution in [2.24, 2.45) is 0 Å². The van der Waals surface area contributed by atoms with Crippen LogP contribution in [0.4, 0.5) is 17.1 Å². The smallest absolute Gasteiger partial charge is 0.0556 e. The second-order valence-corrected chi connectivity index (χ2v) is 16.5. The Balaban J connectivity index is 1.33. The minimum atomic E-state index is -0.287. The summed E-state index contributed by atoms with van der Waals surface area (Å²) < 4.78 is 2.42. The second kappa shape index (κ2) is 11.9. The number of hydrogen-bond acceptors (Lipinski definition) is 1. The molecule has 0 atom stereocenters. The van der Waals surface area contributed by atoms with Crippen LogP contribution < -0.4 is 4.90 Å². The lowest BCUT2D eigenvalue weighted by molar-refractivity contribution is 0.640. The first kappa shape index (κ1) is 32.8. The highest BCUT2D eigenvalue weighted by Gasteiger charge is 2.49. The molecule has 0 amide bonds. The molecule has 8 aromatic carbocycles. The lowest BCUT2D eigenvalue weighted by atomic mass is 9.73. The fraction of sp³-hybridized carbons (Fsp3) is 0.111. The number of benzene rings is 8. The predicted octanol–water partition coefficient (Wildman–Crippen LogP) is 14.5. The zero-order chi connectivity index (χ0) is 37.8. The quantitative estimate of drug-likeness (QED) is 0.172. The molecule has 0 saturated heterocycles. The van der Waals surface area contributed by atoms with Crippen LogP contribution in [0.25, 0.3) is 60.9 Å². The molecular formula is C54H42N2. The van der Waals surface area contributed by atoms with Crippen molar-refractivity contribution < 1.29 is 0 Å². The number of hydrogen-bond donors (Lipinski definition) is 0. The minimum absolute atomic E-state index is 0.287. The number of para-hydroxylation sites is 4. The summed E-state index contributed by atoms with van der Waals surface area (Å²) in [6, 6.07) is 67.2. The third-order valence-electron chi connectivity index (χ3n) is 12.7. The molecule has 11 rings (SSSR count). The van der Waals surface area contributed by atoms with Crippen molar-refractivity contribution in [3.05, 3.63) is 204 Å². The van der Waals surface area contributed by atoms with Crippen LogP contribution in [0.15, 0.2) is 182 Å². The Morgan fingerprint density at radius 2 is 0.875 bits per heavy atom. The van der Waals surface area contributed by atoms with Crippen LogP contribution in [0.2, 0.25) is 0 Å². The van der Waals surface area contributed by atoms with E-state index >= 15 is 0 Å². The van der Waals surface area contributed by atoms with Crippen molar-refractivity contribution in [1.82, 2.24) is 4.57 Å². The first-order valence-corrected chi connectivity index (χ1v) is 19.8. The molecule has 9 aromatic rings. The fourth-order valence-corrected chi connectivity index (χ4v) is 10.3. The predicted molar refractivity (Wildman–Crippen MR) is 236 cm³/mol. The molecule has 2 heteroatoms. The van der Waals surface area contributed by atoms with Crippen molar-refractivity contribution >= 4 is 38.9 Å². The average Bonchev–Trinajstić information content (AvgIpc) is 3.79. The van der Waals surface area contributed by atoms with Gasteiger partial charge in [-0.3, -0.25) is 0 Å². The van der Waals surface area contributed by atoms with Crippen molar-refractivity contribution in [3.8, 4) is 39.1 Å². The maximum atomic E-state index is 2.55. The number of aromatic nitrogens is 1. The molecule has 0 N–H and O–H groups in total. The number of rotatable bonds is 5. The summed E-state index contributed by atoms with van der Waals surface area (Å²) >= 11 is 0. The van der Waals surface area contributed by atoms with Crippen LogP contribution in [0.3, 0.4) is 0 Å². The molecule has 2 nitrogen and oxygen atoms in total. The molecule has 0 radical (unpaired) electrons. The Morgan fingerprint density at radius 1 is 0.411 bits per heavy atom. The largest absolute Gasteiger partial charge is 0.310 e. The topological polar surface area (TPSA) is 8.17 Å². The molecule has 0 saturated carbocycles. The zero-order valence-electron chi connectivity index (χ0n) is 32.2. The molecule has 56 heavy (non-hydrogen) atoms. The SMILES string of the molecule is CC1(C)c2ccccc2-c2c(-c3ccc4c(c3)c3ccccc3n4-c3ccccc3)c3c(c(N(c4ccccc4)c4ccccc4)c21)C(C)(C)c1ccccc1-3. The van der Waals surface area contributed by atoms with E-state index in [1.165, 1.54) is 88.8 Å². The number of anilines is 3. The van der Waals surface area contributed by atoms with Gasteiger partial charge in [-0.15, -0.1) is 0 Å². The third kappa shape index (κ3) is 4.44. The van der Waals surface area contributed by atoms with E-state index in [0.29, 0.717) is 0 Å². The molecule has 0 fully saturated rings. The molecule has 1 aromatic heterocycles. The van der Waals surface area contributed by atoms with Gasteiger partial charge in [-0.2, -0.15) is 0 Å². The Morgan fingerprint density at radius 3 is 1.45 bits per heavy atom. The summed E-state index contributed by atoms with van der Waals surface area (Å²) in [5.41, 5.74) is 20.0. The molecule has 0 bridgehead atoms. The molecule has 268 valence electrons. The summed E-state index contributed by atoms with van der Waals surface area (Å²) in [4.78, 5) is 2.55. The van der Waals surface area contributed by atoms with Gasteiger partial charge in [0.25, 0.3) is 0 Å². The molecule has 2 aliphatic carbocycles. The minimum Gasteiger partial charge on any atom is -0.310 e. The van der Waals surface area contributed by atoms with Gasteiger partial charge < -0.3 is 9.47 Å². The lowest BCUT2D eigenvalue weighted by Gasteiger charge is -2.38. The summed E-state index contributed by atoms with van der Waals surface area (Å²) in [6.45, 7) is 9.77. The van der Waals surface area contributed by atoms with Crippen molar-refractivity contribution in [3.63, 3.8) is 0 Å². The highest BCUT2D eigenvalue weighted by Crippen LogP contribution is 2.66. The standard InChI is InChI=1S/C54H42N2/c1-53(2)43-29-17-14-27-40(43)48-47(35-32-33-46-42(34-35)39-26-16-19-31-45(39)56(46)38-24-12-7-13-25-38)49-41-28-15-18-30-44(41)54(3,4)51(49)52(50(48)53)55(36-20-8-5-9-21-36)37-22-10-6-11-23-37/h5-34H,1-4H3. The second-order valence-electron chi connectivity index (χ2n) is 16.5. The highest BCUT2D eigenvalue weighted by atomic mass is 15.2. The molecule has 0 unspecified atom stereocenters. The molecule has 2 aliphatic rings. The molecule has 0 spiro atoms. The van der Waals surface area contributed by atoms with Gasteiger partial charge in [-0.05, 0) is 110 Å². The van der Waals surface area contributed by atoms with Gasteiger partial charge in [0, 0.05) is 38.7 Å². The first-order chi connectivity index (χ1) is 27.4. The number of nitrogens with zero attached hydrogens (tertiary/aromatic N) is 2. The van der Waals surface area contributed by atoms with E-state index in [9.17, 15) is 0 Å². The van der Waals surface area contributed by atoms with E-state index in [0.717, 1.165) is 11.4 Å². The third-order valence-corrected chi connectivity index (χ3v) is 12.7. The normalized spacial score (nSPS) is 14.4. The maximum absolute atomic E-state index is 2.55. The van der Waals surface area contributed by atoms with Gasteiger partial charge in [0.1, 0.15) is 0 Å². The van der Waals surface area contributed by atoms with E-state index in [1.54, 1.807) is 0 Å². The Bertz CT molecular complexity index is 2880. The van der Waals surface area contributed by atoms with Gasteiger partial charge in [-0.25, -0.2) is 0 Å². The van der Waals surface area contributed by atoms with E-state index in [2.05, 4.69) is 219 Å². The summed E-state index contributed by atoms with van der Waals surface area (Å²) in [7, 11) is 0. The summed E-state index contributed by atoms with van der Waals surface area (Å²) in [5, 5.41) is 2.53. The van der Waals surface area contributed by atoms with Crippen molar-refractivity contribution in [2.75, 3.05) is 4.90 Å². The monoisotopic (exact) mass is 718 g/mol. The van der Waals surface area contributed by atoms with Crippen LogP contribution in [0.5, 0.6) is 0 Å². The molecule has 1 heterocycles. The summed E-state index contributed by atoms with van der Waals surface area (Å²) in [5.74, 6) is 0. The Kier molecular flexibility index (Phi) is 6.98.